The van der Waals surface area contributed by atoms with Crippen molar-refractivity contribution in [2.75, 3.05) is 0 Å². The number of carbonyl (C=O) groups is 1. The van der Waals surface area contributed by atoms with E-state index in [1.54, 1.807) is 17.4 Å². The van der Waals surface area contributed by atoms with Crippen molar-refractivity contribution in [3.05, 3.63) is 93.7 Å². The van der Waals surface area contributed by atoms with Gasteiger partial charge in [-0.25, -0.2) is 0 Å². The molecule has 0 saturated carbocycles. The quantitative estimate of drug-likeness (QED) is 0.487. The van der Waals surface area contributed by atoms with Gasteiger partial charge in [0, 0.05) is 4.88 Å². The SMILES string of the molecule is N#CC(=Cc1ccc(OCc2ccccc2)cc1)C(=O)NCc1cccs1. The molecule has 3 aromatic rings. The Morgan fingerprint density at radius 1 is 1.07 bits per heavy atom. The maximum atomic E-state index is 12.2. The zero-order chi connectivity index (χ0) is 18.9. The number of amides is 1. The molecule has 0 saturated heterocycles. The van der Waals surface area contributed by atoms with E-state index in [1.807, 2.05) is 78.2 Å². The number of hydrogen-bond acceptors (Lipinski definition) is 4. The summed E-state index contributed by atoms with van der Waals surface area (Å²) in [5.74, 6) is 0.354. The summed E-state index contributed by atoms with van der Waals surface area (Å²) >= 11 is 1.56. The molecule has 1 N–H and O–H groups in total. The molecule has 0 atom stereocenters. The van der Waals surface area contributed by atoms with Crippen LogP contribution in [0.4, 0.5) is 0 Å². The fraction of sp³-hybridized carbons (Fsp3) is 0.0909. The summed E-state index contributed by atoms with van der Waals surface area (Å²) in [5.41, 5.74) is 1.94. The average molecular weight is 374 g/mol. The predicted octanol–water partition coefficient (Wildman–Crippen LogP) is 4.55. The third-order valence-corrected chi connectivity index (χ3v) is 4.68. The highest BCUT2D eigenvalue weighted by Gasteiger charge is 2.09. The van der Waals surface area contributed by atoms with Crippen LogP contribution >= 0.6 is 11.3 Å². The number of hydrogen-bond donors (Lipinski definition) is 1. The number of benzene rings is 2. The molecule has 4 nitrogen and oxygen atoms in total. The molecule has 1 aromatic heterocycles. The lowest BCUT2D eigenvalue weighted by Gasteiger charge is -2.07. The van der Waals surface area contributed by atoms with E-state index in [-0.39, 0.29) is 11.5 Å². The monoisotopic (exact) mass is 374 g/mol. The van der Waals surface area contributed by atoms with Crippen LogP contribution in [0, 0.1) is 11.3 Å². The smallest absolute Gasteiger partial charge is 0.262 e. The van der Waals surface area contributed by atoms with E-state index in [9.17, 15) is 10.1 Å². The van der Waals surface area contributed by atoms with Crippen LogP contribution in [-0.2, 0) is 17.9 Å². The normalized spacial score (nSPS) is 10.9. The average Bonchev–Trinajstić information content (AvgIpc) is 3.24. The number of nitrogens with one attached hydrogen (secondary N) is 1. The molecule has 3 rings (SSSR count). The molecule has 0 aliphatic rings. The van der Waals surface area contributed by atoms with Crippen LogP contribution in [0.3, 0.4) is 0 Å². The summed E-state index contributed by atoms with van der Waals surface area (Å²) in [6.07, 6.45) is 1.57. The van der Waals surface area contributed by atoms with Crippen molar-refractivity contribution in [3.63, 3.8) is 0 Å². The van der Waals surface area contributed by atoms with Gasteiger partial charge in [-0.05, 0) is 40.8 Å². The van der Waals surface area contributed by atoms with Gasteiger partial charge in [-0.1, -0.05) is 48.5 Å². The Morgan fingerprint density at radius 3 is 2.52 bits per heavy atom. The van der Waals surface area contributed by atoms with Crippen molar-refractivity contribution in [3.8, 4) is 11.8 Å². The van der Waals surface area contributed by atoms with Crippen LogP contribution < -0.4 is 10.1 Å². The van der Waals surface area contributed by atoms with Crippen molar-refractivity contribution < 1.29 is 9.53 Å². The molecular formula is C22H18N2O2S. The Hall–Kier alpha value is -3.36. The number of carbonyl (C=O) groups excluding carboxylic acids is 1. The van der Waals surface area contributed by atoms with Gasteiger partial charge in [0.2, 0.25) is 0 Å². The number of ether oxygens (including phenoxy) is 1. The van der Waals surface area contributed by atoms with Gasteiger partial charge in [-0.3, -0.25) is 4.79 Å². The molecule has 134 valence electrons. The van der Waals surface area contributed by atoms with Crippen LogP contribution in [0.5, 0.6) is 5.75 Å². The van der Waals surface area contributed by atoms with Crippen LogP contribution in [0.1, 0.15) is 16.0 Å². The zero-order valence-electron chi connectivity index (χ0n) is 14.6. The first-order valence-corrected chi connectivity index (χ1v) is 9.32. The van der Waals surface area contributed by atoms with Crippen molar-refractivity contribution in [1.29, 1.82) is 5.26 Å². The summed E-state index contributed by atoms with van der Waals surface area (Å²) < 4.78 is 5.74. The van der Waals surface area contributed by atoms with Crippen LogP contribution in [0.15, 0.2) is 77.7 Å². The maximum Gasteiger partial charge on any atom is 0.262 e. The second-order valence-corrected chi connectivity index (χ2v) is 6.81. The minimum absolute atomic E-state index is 0.0736. The van der Waals surface area contributed by atoms with Crippen LogP contribution in [0.2, 0.25) is 0 Å². The predicted molar refractivity (Wildman–Crippen MR) is 107 cm³/mol. The van der Waals surface area contributed by atoms with Crippen molar-refractivity contribution in [2.24, 2.45) is 0 Å². The van der Waals surface area contributed by atoms with E-state index < -0.39 is 0 Å². The van der Waals surface area contributed by atoms with Crippen molar-refractivity contribution in [2.45, 2.75) is 13.2 Å². The molecule has 1 amide bonds. The molecule has 0 unspecified atom stereocenters. The van der Waals surface area contributed by atoms with Crippen LogP contribution in [0.25, 0.3) is 6.08 Å². The molecule has 0 fully saturated rings. The summed E-state index contributed by atoms with van der Waals surface area (Å²) in [4.78, 5) is 13.2. The van der Waals surface area contributed by atoms with Gasteiger partial charge in [-0.2, -0.15) is 5.26 Å². The lowest BCUT2D eigenvalue weighted by molar-refractivity contribution is -0.117. The summed E-state index contributed by atoms with van der Waals surface area (Å²) in [6, 6.07) is 23.0. The fourth-order valence-electron chi connectivity index (χ4n) is 2.39. The highest BCUT2D eigenvalue weighted by Crippen LogP contribution is 2.16. The van der Waals surface area contributed by atoms with E-state index in [4.69, 9.17) is 4.74 Å². The molecule has 0 bridgehead atoms. The van der Waals surface area contributed by atoms with Gasteiger partial charge in [0.05, 0.1) is 6.54 Å². The molecule has 0 spiro atoms. The van der Waals surface area contributed by atoms with Gasteiger partial charge in [-0.15, -0.1) is 11.3 Å². The zero-order valence-corrected chi connectivity index (χ0v) is 15.4. The van der Waals surface area contributed by atoms with Gasteiger partial charge >= 0.3 is 0 Å². The van der Waals surface area contributed by atoms with Crippen molar-refractivity contribution >= 4 is 23.3 Å². The minimum atomic E-state index is -0.379. The minimum Gasteiger partial charge on any atom is -0.489 e. The molecular weight excluding hydrogens is 356 g/mol. The van der Waals surface area contributed by atoms with Gasteiger partial charge < -0.3 is 10.1 Å². The molecule has 0 radical (unpaired) electrons. The first-order chi connectivity index (χ1) is 13.2. The van der Waals surface area contributed by atoms with E-state index in [0.717, 1.165) is 21.8 Å². The lowest BCUT2D eigenvalue weighted by atomic mass is 10.1. The third-order valence-electron chi connectivity index (χ3n) is 3.81. The molecule has 0 aliphatic heterocycles. The second kappa shape index (κ2) is 9.37. The fourth-order valence-corrected chi connectivity index (χ4v) is 3.04. The Labute approximate surface area is 162 Å². The van der Waals surface area contributed by atoms with Gasteiger partial charge in [0.25, 0.3) is 5.91 Å². The first-order valence-electron chi connectivity index (χ1n) is 8.44. The Morgan fingerprint density at radius 2 is 1.85 bits per heavy atom. The van der Waals surface area contributed by atoms with Crippen LogP contribution in [-0.4, -0.2) is 5.91 Å². The van der Waals surface area contributed by atoms with E-state index in [1.165, 1.54) is 0 Å². The summed E-state index contributed by atoms with van der Waals surface area (Å²) in [5, 5.41) is 14.0. The molecule has 27 heavy (non-hydrogen) atoms. The first kappa shape index (κ1) is 18.4. The summed E-state index contributed by atoms with van der Waals surface area (Å²) in [6.45, 7) is 0.909. The standard InChI is InChI=1S/C22H18N2O2S/c23-14-19(22(25)24-15-21-7-4-12-27-21)13-17-8-10-20(11-9-17)26-16-18-5-2-1-3-6-18/h1-13H,15-16H2,(H,24,25). The van der Waals surface area contributed by atoms with E-state index in [2.05, 4.69) is 5.32 Å². The number of nitriles is 1. The summed E-state index contributed by atoms with van der Waals surface area (Å²) in [7, 11) is 0. The molecule has 5 heteroatoms. The number of rotatable bonds is 7. The van der Waals surface area contributed by atoms with Crippen molar-refractivity contribution in [1.82, 2.24) is 5.32 Å². The highest BCUT2D eigenvalue weighted by molar-refractivity contribution is 7.09. The van der Waals surface area contributed by atoms with E-state index in [0.29, 0.717) is 13.2 Å². The van der Waals surface area contributed by atoms with E-state index >= 15 is 0 Å². The molecule has 1 heterocycles. The largest absolute Gasteiger partial charge is 0.489 e. The second-order valence-electron chi connectivity index (χ2n) is 5.78. The highest BCUT2D eigenvalue weighted by atomic mass is 32.1. The van der Waals surface area contributed by atoms with Gasteiger partial charge in [0.15, 0.2) is 0 Å². The number of thiophene rings is 1. The Kier molecular flexibility index (Phi) is 6.40. The number of nitrogens with zero attached hydrogens (tertiary/aromatic N) is 1. The molecule has 2 aromatic carbocycles. The Bertz CT molecular complexity index is 940. The maximum absolute atomic E-state index is 12.2. The molecule has 0 aliphatic carbocycles. The van der Waals surface area contributed by atoms with Gasteiger partial charge in [0.1, 0.15) is 24.0 Å². The topological polar surface area (TPSA) is 62.1 Å². The lowest BCUT2D eigenvalue weighted by Crippen LogP contribution is -2.23. The Balaban J connectivity index is 1.59. The third kappa shape index (κ3) is 5.56.